The molecule has 32 heavy (non-hydrogen) atoms. The van der Waals surface area contributed by atoms with E-state index in [1.807, 2.05) is 73.8 Å². The average molecular weight is 458 g/mol. The Morgan fingerprint density at radius 1 is 0.969 bits per heavy atom. The Kier molecular flexibility index (Phi) is 9.62. The van der Waals surface area contributed by atoms with Crippen molar-refractivity contribution in [1.29, 1.82) is 0 Å². The van der Waals surface area contributed by atoms with Crippen molar-refractivity contribution in [1.82, 2.24) is 5.06 Å². The van der Waals surface area contributed by atoms with Crippen LogP contribution in [-0.4, -0.2) is 38.4 Å². The number of carbonyl (C=O) groups is 2. The van der Waals surface area contributed by atoms with Crippen LogP contribution in [0.3, 0.4) is 0 Å². The van der Waals surface area contributed by atoms with Crippen LogP contribution in [-0.2, 0) is 32.0 Å². The molecule has 0 unspecified atom stereocenters. The van der Waals surface area contributed by atoms with E-state index in [1.54, 1.807) is 0 Å². The number of hydrogen-bond donors (Lipinski definition) is 0. The molecule has 174 valence electrons. The Morgan fingerprint density at radius 2 is 1.50 bits per heavy atom. The molecule has 0 aliphatic heterocycles. The smallest absolute Gasteiger partial charge is 0.433 e. The van der Waals surface area contributed by atoms with Crippen molar-refractivity contribution in [3.8, 4) is 0 Å². The summed E-state index contributed by atoms with van der Waals surface area (Å²) in [5, 5.41) is 1.10. The molecule has 2 aromatic carbocycles. The molecule has 0 saturated carbocycles. The van der Waals surface area contributed by atoms with E-state index in [-0.39, 0.29) is 24.7 Å². The SMILES string of the molecule is CC(C)(C)[Si](C)(C)ON(C(=O)OCc1ccccc1)[C@H](CC=O)COCc1ccccc1. The molecule has 0 spiro atoms. The number of carbonyl (C=O) groups excluding carboxylic acids is 2. The molecule has 1 atom stereocenters. The van der Waals surface area contributed by atoms with Gasteiger partial charge in [-0.3, -0.25) is 0 Å². The maximum absolute atomic E-state index is 13.1. The Balaban J connectivity index is 2.15. The van der Waals surface area contributed by atoms with Crippen molar-refractivity contribution in [2.24, 2.45) is 0 Å². The maximum atomic E-state index is 13.1. The fourth-order valence-electron chi connectivity index (χ4n) is 2.66. The van der Waals surface area contributed by atoms with Crippen molar-refractivity contribution in [2.75, 3.05) is 6.61 Å². The van der Waals surface area contributed by atoms with Gasteiger partial charge in [0, 0.05) is 6.42 Å². The highest BCUT2D eigenvalue weighted by Crippen LogP contribution is 2.37. The zero-order chi connectivity index (χ0) is 23.6. The number of ether oxygens (including phenoxy) is 2. The van der Waals surface area contributed by atoms with E-state index in [2.05, 4.69) is 20.8 Å². The predicted molar refractivity (Wildman–Crippen MR) is 127 cm³/mol. The average Bonchev–Trinajstić information content (AvgIpc) is 2.76. The third-order valence-corrected chi connectivity index (χ3v) is 9.91. The van der Waals surface area contributed by atoms with Crippen molar-refractivity contribution in [3.63, 3.8) is 0 Å². The number of nitrogens with zero attached hydrogens (tertiary/aromatic N) is 1. The van der Waals surface area contributed by atoms with Crippen LogP contribution in [0.4, 0.5) is 4.79 Å². The molecule has 0 aliphatic carbocycles. The Labute approximate surface area is 192 Å². The topological polar surface area (TPSA) is 65.1 Å². The summed E-state index contributed by atoms with van der Waals surface area (Å²) in [5.74, 6) is 0. The van der Waals surface area contributed by atoms with Gasteiger partial charge in [0.15, 0.2) is 0 Å². The Morgan fingerprint density at radius 3 is 2.00 bits per heavy atom. The van der Waals surface area contributed by atoms with Gasteiger partial charge in [0.25, 0.3) is 0 Å². The van der Waals surface area contributed by atoms with Gasteiger partial charge in [0.1, 0.15) is 12.9 Å². The lowest BCUT2D eigenvalue weighted by Gasteiger charge is -2.41. The molecule has 6 nitrogen and oxygen atoms in total. The van der Waals surface area contributed by atoms with E-state index >= 15 is 0 Å². The van der Waals surface area contributed by atoms with Gasteiger partial charge >= 0.3 is 6.09 Å². The summed E-state index contributed by atoms with van der Waals surface area (Å²) in [6.45, 7) is 11.0. The van der Waals surface area contributed by atoms with E-state index < -0.39 is 20.5 Å². The zero-order valence-electron chi connectivity index (χ0n) is 19.7. The second-order valence-electron chi connectivity index (χ2n) is 9.27. The molecule has 2 aromatic rings. The van der Waals surface area contributed by atoms with Crippen molar-refractivity contribution in [3.05, 3.63) is 71.8 Å². The van der Waals surface area contributed by atoms with E-state index in [0.717, 1.165) is 17.4 Å². The summed E-state index contributed by atoms with van der Waals surface area (Å²) in [5.41, 5.74) is 1.89. The highest BCUT2D eigenvalue weighted by atomic mass is 28.4. The van der Waals surface area contributed by atoms with Crippen molar-refractivity contribution >= 4 is 20.7 Å². The van der Waals surface area contributed by atoms with Crippen LogP contribution < -0.4 is 0 Å². The van der Waals surface area contributed by atoms with E-state index in [9.17, 15) is 9.59 Å². The molecule has 0 fully saturated rings. The van der Waals surface area contributed by atoms with Crippen molar-refractivity contribution in [2.45, 2.75) is 64.6 Å². The molecule has 0 N–H and O–H groups in total. The van der Waals surface area contributed by atoms with Crippen LogP contribution in [0.5, 0.6) is 0 Å². The number of hydrogen-bond acceptors (Lipinski definition) is 5. The van der Waals surface area contributed by atoms with Crippen LogP contribution >= 0.6 is 0 Å². The second kappa shape index (κ2) is 11.9. The number of amides is 1. The van der Waals surface area contributed by atoms with E-state index in [1.165, 1.54) is 5.06 Å². The number of benzene rings is 2. The minimum absolute atomic E-state index is 0.0872. The second-order valence-corrected chi connectivity index (χ2v) is 14.0. The zero-order valence-corrected chi connectivity index (χ0v) is 20.7. The van der Waals surface area contributed by atoms with Crippen LogP contribution in [0.2, 0.25) is 18.1 Å². The van der Waals surface area contributed by atoms with E-state index in [4.69, 9.17) is 14.0 Å². The van der Waals surface area contributed by atoms with Crippen LogP contribution in [0.1, 0.15) is 38.3 Å². The van der Waals surface area contributed by atoms with Crippen LogP contribution in [0.25, 0.3) is 0 Å². The van der Waals surface area contributed by atoms with Gasteiger partial charge in [-0.1, -0.05) is 81.4 Å². The Bertz CT molecular complexity index is 836. The van der Waals surface area contributed by atoms with Gasteiger partial charge in [-0.05, 0) is 29.3 Å². The minimum atomic E-state index is -2.38. The van der Waals surface area contributed by atoms with Crippen LogP contribution in [0.15, 0.2) is 60.7 Å². The molecule has 0 aromatic heterocycles. The third kappa shape index (κ3) is 7.89. The van der Waals surface area contributed by atoms with Gasteiger partial charge in [-0.15, -0.1) is 0 Å². The standard InChI is InChI=1S/C25H35NO5Si/c1-25(2,3)32(4,5)31-26(24(28)30-19-22-14-10-7-11-15-22)23(16-17-27)20-29-18-21-12-8-6-9-13-21/h6-15,17,23H,16,18-20H2,1-5H3/t23-/m1/s1. The molecule has 0 bridgehead atoms. The molecule has 1 amide bonds. The summed E-state index contributed by atoms with van der Waals surface area (Å²) in [4.78, 5) is 24.5. The normalized spacial score (nSPS) is 12.8. The van der Waals surface area contributed by atoms with E-state index in [0.29, 0.717) is 6.61 Å². The Hall–Kier alpha value is -2.48. The first-order valence-corrected chi connectivity index (χ1v) is 13.8. The fraction of sp³-hybridized carbons (Fsp3) is 0.440. The lowest BCUT2D eigenvalue weighted by molar-refractivity contribution is -0.124. The number of hydroxylamine groups is 2. The molecule has 0 heterocycles. The largest absolute Gasteiger partial charge is 0.443 e. The minimum Gasteiger partial charge on any atom is -0.443 e. The van der Waals surface area contributed by atoms with Gasteiger partial charge in [0.05, 0.1) is 19.3 Å². The predicted octanol–water partition coefficient (Wildman–Crippen LogP) is 5.74. The summed E-state index contributed by atoms with van der Waals surface area (Å²) in [7, 11) is -2.38. The summed E-state index contributed by atoms with van der Waals surface area (Å²) >= 11 is 0. The maximum Gasteiger partial charge on any atom is 0.433 e. The summed E-state index contributed by atoms with van der Waals surface area (Å²) < 4.78 is 17.7. The quantitative estimate of drug-likeness (QED) is 0.245. The first-order valence-electron chi connectivity index (χ1n) is 10.9. The number of rotatable bonds is 11. The van der Waals surface area contributed by atoms with Gasteiger partial charge in [0.2, 0.25) is 8.32 Å². The molecular weight excluding hydrogens is 422 g/mol. The molecular formula is C25H35NO5Si. The molecule has 7 heteroatoms. The molecule has 2 rings (SSSR count). The lowest BCUT2D eigenvalue weighted by Crippen LogP contribution is -2.53. The fourth-order valence-corrected chi connectivity index (χ4v) is 3.65. The molecule has 0 radical (unpaired) electrons. The monoisotopic (exact) mass is 457 g/mol. The molecule has 0 aliphatic rings. The van der Waals surface area contributed by atoms with Crippen LogP contribution in [0, 0.1) is 0 Å². The summed E-state index contributed by atoms with van der Waals surface area (Å²) in [6.07, 6.45) is 0.251. The first kappa shape index (κ1) is 25.8. The van der Waals surface area contributed by atoms with Gasteiger partial charge in [-0.2, -0.15) is 5.06 Å². The summed E-state index contributed by atoms with van der Waals surface area (Å²) in [6, 6.07) is 18.6. The lowest BCUT2D eigenvalue weighted by atomic mass is 10.2. The van der Waals surface area contributed by atoms with Gasteiger partial charge in [-0.25, -0.2) is 4.79 Å². The third-order valence-electron chi connectivity index (χ3n) is 5.64. The highest BCUT2D eigenvalue weighted by molar-refractivity contribution is 6.74. The first-order chi connectivity index (χ1) is 15.1. The van der Waals surface area contributed by atoms with Crippen molar-refractivity contribution < 1.29 is 23.6 Å². The number of aldehydes is 1. The highest BCUT2D eigenvalue weighted by Gasteiger charge is 2.43. The van der Waals surface area contributed by atoms with Gasteiger partial charge < -0.3 is 18.8 Å². The molecule has 0 saturated heterocycles.